The molecule has 182 valence electrons. The number of nitro benzene ring substituents is 1. The van der Waals surface area contributed by atoms with Crippen LogP contribution < -0.4 is 10.2 Å². The van der Waals surface area contributed by atoms with Crippen LogP contribution in [-0.4, -0.2) is 52.0 Å². The Balaban J connectivity index is 1.52. The Morgan fingerprint density at radius 2 is 1.71 bits per heavy atom. The number of nitro groups is 1. The van der Waals surface area contributed by atoms with Gasteiger partial charge in [-0.05, 0) is 31.4 Å². The van der Waals surface area contributed by atoms with Crippen LogP contribution in [0.25, 0.3) is 11.4 Å². The molecule has 1 aliphatic rings. The van der Waals surface area contributed by atoms with Crippen LogP contribution >= 0.6 is 0 Å². The molecular formula is C26H30N6O3. The van der Waals surface area contributed by atoms with Crippen molar-refractivity contribution in [3.8, 4) is 11.4 Å². The number of nitrogens with zero attached hydrogens (tertiary/aromatic N) is 5. The lowest BCUT2D eigenvalue weighted by Gasteiger charge is -2.27. The molecular weight excluding hydrogens is 444 g/mol. The molecule has 1 N–H and O–H groups in total. The predicted molar refractivity (Wildman–Crippen MR) is 137 cm³/mol. The Bertz CT molecular complexity index is 1200. The number of benzene rings is 2. The minimum Gasteiger partial charge on any atom is -0.354 e. The van der Waals surface area contributed by atoms with Crippen molar-refractivity contribution in [3.63, 3.8) is 0 Å². The van der Waals surface area contributed by atoms with E-state index in [9.17, 15) is 14.9 Å². The standard InChI is InChI=1S/C26H30N6O3/c1-18(2)23-19(3)27-24(20-8-5-4-6-9-20)29-25(23)30-14-7-15-31(17-16-30)26(33)28-21-10-12-22(13-11-21)32(34)35/h4-6,8-13,18H,7,14-17H2,1-3H3,(H,28,33). The van der Waals surface area contributed by atoms with E-state index in [-0.39, 0.29) is 17.6 Å². The number of nitrogens with one attached hydrogen (secondary N) is 1. The first-order valence-corrected chi connectivity index (χ1v) is 11.8. The SMILES string of the molecule is Cc1nc(-c2ccccc2)nc(N2CCCN(C(=O)Nc3ccc([N+](=O)[O-])cc3)CC2)c1C(C)C. The minimum absolute atomic E-state index is 0.00983. The molecule has 2 amide bonds. The van der Waals surface area contributed by atoms with E-state index in [0.717, 1.165) is 35.6 Å². The van der Waals surface area contributed by atoms with Crippen molar-refractivity contribution in [2.24, 2.45) is 0 Å². The van der Waals surface area contributed by atoms with Gasteiger partial charge < -0.3 is 15.1 Å². The van der Waals surface area contributed by atoms with Crippen LogP contribution in [-0.2, 0) is 0 Å². The summed E-state index contributed by atoms with van der Waals surface area (Å²) in [5.74, 6) is 1.91. The molecule has 4 rings (SSSR count). The largest absolute Gasteiger partial charge is 0.354 e. The van der Waals surface area contributed by atoms with Crippen molar-refractivity contribution in [2.75, 3.05) is 36.4 Å². The molecule has 1 fully saturated rings. The molecule has 1 saturated heterocycles. The molecule has 35 heavy (non-hydrogen) atoms. The Labute approximate surface area is 205 Å². The Kier molecular flexibility index (Phi) is 7.24. The fraction of sp³-hybridized carbons (Fsp3) is 0.346. The van der Waals surface area contributed by atoms with Crippen LogP contribution in [0.1, 0.15) is 37.4 Å². The highest BCUT2D eigenvalue weighted by Gasteiger charge is 2.25. The van der Waals surface area contributed by atoms with Crippen LogP contribution in [0, 0.1) is 17.0 Å². The number of carbonyl (C=O) groups is 1. The first-order chi connectivity index (χ1) is 16.8. The van der Waals surface area contributed by atoms with E-state index in [1.165, 1.54) is 12.1 Å². The third kappa shape index (κ3) is 5.56. The summed E-state index contributed by atoms with van der Waals surface area (Å²) in [5.41, 5.74) is 3.60. The van der Waals surface area contributed by atoms with Gasteiger partial charge in [0.25, 0.3) is 5.69 Å². The molecule has 2 heterocycles. The molecule has 3 aromatic rings. The highest BCUT2D eigenvalue weighted by atomic mass is 16.6. The van der Waals surface area contributed by atoms with E-state index in [1.54, 1.807) is 17.0 Å². The molecule has 0 bridgehead atoms. The van der Waals surface area contributed by atoms with E-state index < -0.39 is 4.92 Å². The fourth-order valence-electron chi connectivity index (χ4n) is 4.40. The number of urea groups is 1. The van der Waals surface area contributed by atoms with Crippen molar-refractivity contribution < 1.29 is 9.72 Å². The van der Waals surface area contributed by atoms with Gasteiger partial charge in [0.1, 0.15) is 5.82 Å². The zero-order chi connectivity index (χ0) is 24.9. The average molecular weight is 475 g/mol. The fourth-order valence-corrected chi connectivity index (χ4v) is 4.40. The van der Waals surface area contributed by atoms with Gasteiger partial charge >= 0.3 is 6.03 Å². The van der Waals surface area contributed by atoms with Crippen LogP contribution in [0.15, 0.2) is 54.6 Å². The maximum absolute atomic E-state index is 12.9. The number of rotatable bonds is 5. The molecule has 0 aliphatic carbocycles. The molecule has 0 radical (unpaired) electrons. The molecule has 0 saturated carbocycles. The number of hydrogen-bond acceptors (Lipinski definition) is 6. The van der Waals surface area contributed by atoms with Crippen molar-refractivity contribution in [1.29, 1.82) is 0 Å². The Hall–Kier alpha value is -4.01. The van der Waals surface area contributed by atoms with Gasteiger partial charge in [0.2, 0.25) is 0 Å². The van der Waals surface area contributed by atoms with E-state index >= 15 is 0 Å². The van der Waals surface area contributed by atoms with Crippen molar-refractivity contribution >= 4 is 23.2 Å². The number of non-ortho nitro benzene ring substituents is 1. The van der Waals surface area contributed by atoms with Gasteiger partial charge in [0, 0.05) is 60.8 Å². The lowest BCUT2D eigenvalue weighted by molar-refractivity contribution is -0.384. The molecule has 9 heteroatoms. The normalized spacial score (nSPS) is 14.1. The molecule has 0 unspecified atom stereocenters. The third-order valence-electron chi connectivity index (χ3n) is 6.14. The third-order valence-corrected chi connectivity index (χ3v) is 6.14. The molecule has 9 nitrogen and oxygen atoms in total. The van der Waals surface area contributed by atoms with E-state index in [1.807, 2.05) is 37.3 Å². The second-order valence-electron chi connectivity index (χ2n) is 8.95. The molecule has 1 aliphatic heterocycles. The smallest absolute Gasteiger partial charge is 0.321 e. The summed E-state index contributed by atoms with van der Waals surface area (Å²) in [6, 6.07) is 15.6. The topological polar surface area (TPSA) is 104 Å². The van der Waals surface area contributed by atoms with E-state index in [2.05, 4.69) is 24.1 Å². The Morgan fingerprint density at radius 3 is 2.37 bits per heavy atom. The first-order valence-electron chi connectivity index (χ1n) is 11.8. The average Bonchev–Trinajstić information content (AvgIpc) is 3.10. The van der Waals surface area contributed by atoms with Crippen LogP contribution in [0.3, 0.4) is 0 Å². The second kappa shape index (κ2) is 10.5. The second-order valence-corrected chi connectivity index (χ2v) is 8.95. The maximum atomic E-state index is 12.9. The van der Waals surface area contributed by atoms with Crippen molar-refractivity contribution in [1.82, 2.24) is 14.9 Å². The van der Waals surface area contributed by atoms with E-state index in [4.69, 9.17) is 9.97 Å². The molecule has 2 aromatic carbocycles. The van der Waals surface area contributed by atoms with Crippen LogP contribution in [0.4, 0.5) is 22.0 Å². The summed E-state index contributed by atoms with van der Waals surface area (Å²) in [6.45, 7) is 8.93. The predicted octanol–water partition coefficient (Wildman–Crippen LogP) is 5.23. The lowest BCUT2D eigenvalue weighted by atomic mass is 10.0. The van der Waals surface area contributed by atoms with Gasteiger partial charge in [-0.3, -0.25) is 10.1 Å². The summed E-state index contributed by atoms with van der Waals surface area (Å²) >= 11 is 0. The number of amides is 2. The van der Waals surface area contributed by atoms with E-state index in [0.29, 0.717) is 31.1 Å². The van der Waals surface area contributed by atoms with Gasteiger partial charge in [0.15, 0.2) is 5.82 Å². The molecule has 0 spiro atoms. The lowest BCUT2D eigenvalue weighted by Crippen LogP contribution is -2.38. The number of aryl methyl sites for hydroxylation is 1. The van der Waals surface area contributed by atoms with Crippen LogP contribution in [0.2, 0.25) is 0 Å². The number of carbonyl (C=O) groups excluding carboxylic acids is 1. The summed E-state index contributed by atoms with van der Waals surface area (Å²) in [6.07, 6.45) is 0.801. The number of aromatic nitrogens is 2. The van der Waals surface area contributed by atoms with Gasteiger partial charge in [-0.2, -0.15) is 0 Å². The highest BCUT2D eigenvalue weighted by molar-refractivity contribution is 5.89. The van der Waals surface area contributed by atoms with Gasteiger partial charge in [-0.15, -0.1) is 0 Å². The summed E-state index contributed by atoms with van der Waals surface area (Å²) in [7, 11) is 0. The van der Waals surface area contributed by atoms with Gasteiger partial charge in [-0.1, -0.05) is 44.2 Å². The summed E-state index contributed by atoms with van der Waals surface area (Å²) in [5, 5.41) is 13.7. The van der Waals surface area contributed by atoms with Gasteiger partial charge in [0.05, 0.1) is 4.92 Å². The van der Waals surface area contributed by atoms with Gasteiger partial charge in [-0.25, -0.2) is 14.8 Å². The highest BCUT2D eigenvalue weighted by Crippen LogP contribution is 2.31. The number of hydrogen-bond donors (Lipinski definition) is 1. The molecule has 0 atom stereocenters. The monoisotopic (exact) mass is 474 g/mol. The zero-order valence-electron chi connectivity index (χ0n) is 20.3. The van der Waals surface area contributed by atoms with Crippen molar-refractivity contribution in [3.05, 3.63) is 76.0 Å². The minimum atomic E-state index is -0.460. The zero-order valence-corrected chi connectivity index (χ0v) is 20.3. The summed E-state index contributed by atoms with van der Waals surface area (Å²) < 4.78 is 0. The Morgan fingerprint density at radius 1 is 1.00 bits per heavy atom. The maximum Gasteiger partial charge on any atom is 0.321 e. The first kappa shape index (κ1) is 24.1. The quantitative estimate of drug-likeness (QED) is 0.401. The number of anilines is 2. The van der Waals surface area contributed by atoms with Crippen LogP contribution in [0.5, 0.6) is 0 Å². The molecule has 1 aromatic heterocycles. The van der Waals surface area contributed by atoms with Crippen molar-refractivity contribution in [2.45, 2.75) is 33.1 Å². The summed E-state index contributed by atoms with van der Waals surface area (Å²) in [4.78, 5) is 37.1.